The van der Waals surface area contributed by atoms with Crippen LogP contribution in [0.5, 0.6) is 5.75 Å². The van der Waals surface area contributed by atoms with Gasteiger partial charge in [0.1, 0.15) is 5.75 Å². The van der Waals surface area contributed by atoms with Gasteiger partial charge in [0.25, 0.3) is 0 Å². The molecule has 0 aromatic heterocycles. The number of methoxy groups -OCH3 is 1. The second kappa shape index (κ2) is 7.05. The second-order valence-electron chi connectivity index (χ2n) is 9.66. The Balaban J connectivity index is 1.20. The Morgan fingerprint density at radius 2 is 2.06 bits per heavy atom. The molecule has 2 saturated carbocycles. The summed E-state index contributed by atoms with van der Waals surface area (Å²) < 4.78 is 5.43. The lowest BCUT2D eigenvalue weighted by Gasteiger charge is -2.34. The van der Waals surface area contributed by atoms with Crippen LogP contribution in [0.15, 0.2) is 42.5 Å². The molecular weight excluding hydrogens is 390 g/mol. The zero-order valence-corrected chi connectivity index (χ0v) is 17.7. The van der Waals surface area contributed by atoms with Gasteiger partial charge in [-0.1, -0.05) is 24.3 Å². The summed E-state index contributed by atoms with van der Waals surface area (Å²) in [6.07, 6.45) is 4.32. The van der Waals surface area contributed by atoms with Crippen LogP contribution in [0.4, 0.5) is 5.69 Å². The average Bonchev–Trinajstić information content (AvgIpc) is 3.33. The number of hydrogen-bond donors (Lipinski definition) is 4. The molecule has 2 aliphatic heterocycles. The maximum absolute atomic E-state index is 13.0. The van der Waals surface area contributed by atoms with E-state index in [0.717, 1.165) is 48.2 Å². The smallest absolute Gasteiger partial charge is 0.235 e. The molecule has 1 amide bonds. The summed E-state index contributed by atoms with van der Waals surface area (Å²) in [4.78, 5) is 13.0. The first-order valence-corrected chi connectivity index (χ1v) is 11.3. The van der Waals surface area contributed by atoms with Gasteiger partial charge in [-0.25, -0.2) is 5.43 Å². The minimum Gasteiger partial charge on any atom is -0.497 e. The molecule has 162 valence electrons. The van der Waals surface area contributed by atoms with Crippen molar-refractivity contribution in [2.45, 2.75) is 49.8 Å². The van der Waals surface area contributed by atoms with Crippen LogP contribution in [0.1, 0.15) is 48.4 Å². The molecule has 2 aromatic carbocycles. The topological polar surface area (TPSA) is 82.6 Å². The van der Waals surface area contributed by atoms with E-state index in [4.69, 9.17) is 4.74 Å². The number of anilines is 1. The predicted molar refractivity (Wildman–Crippen MR) is 117 cm³/mol. The number of aliphatic hydroxyl groups is 1. The molecule has 3 fully saturated rings. The fraction of sp³-hybridized carbons (Fsp3) is 0.480. The number of rotatable bonds is 4. The van der Waals surface area contributed by atoms with Gasteiger partial charge in [-0.05, 0) is 78.3 Å². The Labute approximate surface area is 182 Å². The molecule has 2 aliphatic carbocycles. The number of fused-ring (bicyclic) bond motifs is 3. The van der Waals surface area contributed by atoms with Crippen molar-refractivity contribution in [3.05, 3.63) is 59.2 Å². The molecule has 6 atom stereocenters. The molecule has 4 aliphatic rings. The van der Waals surface area contributed by atoms with Crippen LogP contribution in [0.3, 0.4) is 0 Å². The van der Waals surface area contributed by atoms with Crippen LogP contribution in [-0.4, -0.2) is 24.2 Å². The molecule has 4 unspecified atom stereocenters. The van der Waals surface area contributed by atoms with Crippen LogP contribution in [-0.2, 0) is 16.8 Å². The van der Waals surface area contributed by atoms with E-state index in [2.05, 4.69) is 34.4 Å². The zero-order valence-electron chi connectivity index (χ0n) is 17.7. The summed E-state index contributed by atoms with van der Waals surface area (Å²) in [5.41, 5.74) is 11.0. The number of aliphatic hydroxyl groups excluding tert-OH is 1. The number of ether oxygens (including phenoxy) is 1. The van der Waals surface area contributed by atoms with Crippen molar-refractivity contribution in [1.82, 2.24) is 10.9 Å². The van der Waals surface area contributed by atoms with Crippen molar-refractivity contribution in [2.75, 3.05) is 12.4 Å². The standard InChI is InChI=1S/C25H29N3O3/c1-31-17-6-8-21-19(11-17)25(24(30)26-21)12-20(25)15-5-7-18-22(10-15)27-28-23(18)16-4-2-3-14(9-16)13-29/h2-4,6,8-9,11,15,18,20,22-23,27-29H,5,7,10,12-13H2,1H3,(H,26,30)/t15?,18?,20-,22?,23?,25-/m0/s1. The average molecular weight is 420 g/mol. The predicted octanol–water partition coefficient (Wildman–Crippen LogP) is 3.03. The van der Waals surface area contributed by atoms with E-state index >= 15 is 0 Å². The number of amides is 1. The van der Waals surface area contributed by atoms with Crippen molar-refractivity contribution in [3.63, 3.8) is 0 Å². The van der Waals surface area contributed by atoms with Gasteiger partial charge in [-0.2, -0.15) is 0 Å². The largest absolute Gasteiger partial charge is 0.497 e. The third kappa shape index (κ3) is 2.85. The van der Waals surface area contributed by atoms with Crippen LogP contribution < -0.4 is 20.9 Å². The quantitative estimate of drug-likeness (QED) is 0.612. The highest BCUT2D eigenvalue weighted by atomic mass is 16.5. The van der Waals surface area contributed by atoms with Gasteiger partial charge in [0.2, 0.25) is 5.91 Å². The molecule has 6 rings (SSSR count). The lowest BCUT2D eigenvalue weighted by molar-refractivity contribution is -0.118. The number of nitrogens with one attached hydrogen (secondary N) is 3. The molecular formula is C25H29N3O3. The summed E-state index contributed by atoms with van der Waals surface area (Å²) in [5.74, 6) is 2.46. The summed E-state index contributed by atoms with van der Waals surface area (Å²) in [6, 6.07) is 14.9. The monoisotopic (exact) mass is 419 g/mol. The molecule has 6 heteroatoms. The van der Waals surface area contributed by atoms with Gasteiger partial charge < -0.3 is 15.2 Å². The highest BCUT2D eigenvalue weighted by Gasteiger charge is 2.67. The van der Waals surface area contributed by atoms with Gasteiger partial charge in [0.05, 0.1) is 25.2 Å². The Morgan fingerprint density at radius 3 is 2.90 bits per heavy atom. The SMILES string of the molecule is COc1ccc2c(c1)[C@]1(C[C@H]1C1CCC3C(C1)NNC3c1cccc(CO)c1)C(=O)N2. The van der Waals surface area contributed by atoms with Crippen LogP contribution in [0, 0.1) is 17.8 Å². The van der Waals surface area contributed by atoms with Crippen LogP contribution in [0.2, 0.25) is 0 Å². The molecule has 2 aromatic rings. The molecule has 1 saturated heterocycles. The fourth-order valence-corrected chi connectivity index (χ4v) is 6.59. The molecule has 0 bridgehead atoms. The second-order valence-corrected chi connectivity index (χ2v) is 9.66. The first kappa shape index (κ1) is 19.3. The number of hydrogen-bond acceptors (Lipinski definition) is 5. The van der Waals surface area contributed by atoms with E-state index in [1.165, 1.54) is 5.56 Å². The minimum atomic E-state index is -0.359. The molecule has 2 heterocycles. The maximum atomic E-state index is 13.0. The van der Waals surface area contributed by atoms with Gasteiger partial charge in [0, 0.05) is 11.7 Å². The Bertz CT molecular complexity index is 1040. The molecule has 31 heavy (non-hydrogen) atoms. The molecule has 4 N–H and O–H groups in total. The number of carbonyl (C=O) groups excluding carboxylic acids is 1. The maximum Gasteiger partial charge on any atom is 0.235 e. The summed E-state index contributed by atoms with van der Waals surface area (Å²) >= 11 is 0. The number of hydrazine groups is 1. The Kier molecular flexibility index (Phi) is 4.39. The van der Waals surface area contributed by atoms with E-state index in [1.807, 2.05) is 24.3 Å². The lowest BCUT2D eigenvalue weighted by Crippen LogP contribution is -2.37. The molecule has 1 spiro atoms. The summed E-state index contributed by atoms with van der Waals surface area (Å²) in [5, 5.41) is 12.6. The van der Waals surface area contributed by atoms with Crippen molar-refractivity contribution >= 4 is 11.6 Å². The van der Waals surface area contributed by atoms with E-state index < -0.39 is 0 Å². The van der Waals surface area contributed by atoms with Crippen molar-refractivity contribution in [1.29, 1.82) is 0 Å². The van der Waals surface area contributed by atoms with Crippen molar-refractivity contribution in [2.24, 2.45) is 17.8 Å². The Morgan fingerprint density at radius 1 is 1.16 bits per heavy atom. The Hall–Kier alpha value is -2.41. The van der Waals surface area contributed by atoms with Crippen LogP contribution in [0.25, 0.3) is 0 Å². The van der Waals surface area contributed by atoms with Crippen molar-refractivity contribution in [3.8, 4) is 5.75 Å². The summed E-state index contributed by atoms with van der Waals surface area (Å²) in [7, 11) is 1.68. The zero-order chi connectivity index (χ0) is 21.2. The highest BCUT2D eigenvalue weighted by Crippen LogP contribution is 2.65. The van der Waals surface area contributed by atoms with E-state index in [-0.39, 0.29) is 24.0 Å². The minimum absolute atomic E-state index is 0.0717. The van der Waals surface area contributed by atoms with Crippen LogP contribution >= 0.6 is 0 Å². The number of benzene rings is 2. The lowest BCUT2D eigenvalue weighted by atomic mass is 9.72. The van der Waals surface area contributed by atoms with E-state index in [0.29, 0.717) is 23.8 Å². The van der Waals surface area contributed by atoms with Gasteiger partial charge >= 0.3 is 0 Å². The first-order chi connectivity index (χ1) is 15.1. The highest BCUT2D eigenvalue weighted by molar-refractivity contribution is 6.09. The third-order valence-electron chi connectivity index (χ3n) is 8.23. The van der Waals surface area contributed by atoms with E-state index in [9.17, 15) is 9.90 Å². The van der Waals surface area contributed by atoms with Gasteiger partial charge in [-0.15, -0.1) is 0 Å². The van der Waals surface area contributed by atoms with Crippen molar-refractivity contribution < 1.29 is 14.6 Å². The molecule has 0 radical (unpaired) electrons. The fourth-order valence-electron chi connectivity index (χ4n) is 6.59. The van der Waals surface area contributed by atoms with Gasteiger partial charge in [0.15, 0.2) is 0 Å². The van der Waals surface area contributed by atoms with E-state index in [1.54, 1.807) is 7.11 Å². The summed E-state index contributed by atoms with van der Waals surface area (Å²) in [6.45, 7) is 0.0717. The third-order valence-corrected chi connectivity index (χ3v) is 8.23. The van der Waals surface area contributed by atoms with Gasteiger partial charge in [-0.3, -0.25) is 10.2 Å². The number of carbonyl (C=O) groups is 1. The normalized spacial score (nSPS) is 35.5. The first-order valence-electron chi connectivity index (χ1n) is 11.3. The molecule has 6 nitrogen and oxygen atoms in total.